The van der Waals surface area contributed by atoms with Crippen molar-refractivity contribution in [1.82, 2.24) is 0 Å². The number of hydrogen-bond donors (Lipinski definition) is 1. The minimum atomic E-state index is -1.31. The zero-order chi connectivity index (χ0) is 12.2. The highest BCUT2D eigenvalue weighted by Crippen LogP contribution is 2.23. The van der Waals surface area contributed by atoms with Gasteiger partial charge in [-0.2, -0.15) is 0 Å². The average Bonchev–Trinajstić information content (AvgIpc) is 2.28. The molecule has 4 heteroatoms. The summed E-state index contributed by atoms with van der Waals surface area (Å²) < 4.78 is 4.61. The number of benzene rings is 1. The Kier molecular flexibility index (Phi) is 3.66. The van der Waals surface area contributed by atoms with Gasteiger partial charge >= 0.3 is 5.97 Å². The summed E-state index contributed by atoms with van der Waals surface area (Å²) in [7, 11) is 1.24. The highest BCUT2D eigenvalue weighted by Gasteiger charge is 2.40. The fraction of sp³-hybridized carbons (Fsp3) is 0.333. The molecule has 0 heterocycles. The lowest BCUT2D eigenvalue weighted by Gasteiger charge is -2.22. The van der Waals surface area contributed by atoms with E-state index < -0.39 is 17.3 Å². The first kappa shape index (κ1) is 12.2. The Morgan fingerprint density at radius 1 is 1.31 bits per heavy atom. The van der Waals surface area contributed by atoms with Crippen molar-refractivity contribution in [3.05, 3.63) is 35.9 Å². The van der Waals surface area contributed by atoms with Crippen LogP contribution >= 0.6 is 0 Å². The topological polar surface area (TPSA) is 69.4 Å². The van der Waals surface area contributed by atoms with Crippen LogP contribution in [0.5, 0.6) is 0 Å². The van der Waals surface area contributed by atoms with E-state index in [2.05, 4.69) is 4.74 Å². The van der Waals surface area contributed by atoms with E-state index in [0.29, 0.717) is 0 Å². The second-order valence-corrected chi connectivity index (χ2v) is 3.85. The van der Waals surface area contributed by atoms with Crippen molar-refractivity contribution in [3.63, 3.8) is 0 Å². The SMILES string of the molecule is COC(=O)C(C)(Cc1ccccc1)C(N)=O. The highest BCUT2D eigenvalue weighted by molar-refractivity contribution is 6.01. The van der Waals surface area contributed by atoms with E-state index >= 15 is 0 Å². The van der Waals surface area contributed by atoms with Crippen LogP contribution in [0.1, 0.15) is 12.5 Å². The monoisotopic (exact) mass is 221 g/mol. The molecule has 1 aromatic carbocycles. The number of methoxy groups -OCH3 is 1. The Hall–Kier alpha value is -1.84. The van der Waals surface area contributed by atoms with Crippen LogP contribution in [0.3, 0.4) is 0 Å². The van der Waals surface area contributed by atoms with Crippen molar-refractivity contribution in [1.29, 1.82) is 0 Å². The lowest BCUT2D eigenvalue weighted by atomic mass is 9.83. The number of rotatable bonds is 4. The van der Waals surface area contributed by atoms with E-state index in [1.54, 1.807) is 0 Å². The van der Waals surface area contributed by atoms with Gasteiger partial charge in [0.25, 0.3) is 0 Å². The van der Waals surface area contributed by atoms with Gasteiger partial charge in [0.05, 0.1) is 7.11 Å². The lowest BCUT2D eigenvalue weighted by Crippen LogP contribution is -2.43. The van der Waals surface area contributed by atoms with Crippen LogP contribution in [0, 0.1) is 5.41 Å². The second-order valence-electron chi connectivity index (χ2n) is 3.85. The standard InChI is InChI=1S/C12H15NO3/c1-12(10(13)14,11(15)16-2)8-9-6-4-3-5-7-9/h3-7H,8H2,1-2H3,(H2,13,14). The van der Waals surface area contributed by atoms with Crippen molar-refractivity contribution in [2.75, 3.05) is 7.11 Å². The van der Waals surface area contributed by atoms with Gasteiger partial charge in [0, 0.05) is 0 Å². The normalized spacial score (nSPS) is 13.9. The second kappa shape index (κ2) is 4.79. The Labute approximate surface area is 94.4 Å². The summed E-state index contributed by atoms with van der Waals surface area (Å²) in [4.78, 5) is 22.9. The first-order chi connectivity index (χ1) is 7.50. The maximum absolute atomic E-state index is 11.6. The number of carbonyl (C=O) groups is 2. The van der Waals surface area contributed by atoms with Crippen molar-refractivity contribution in [2.45, 2.75) is 13.3 Å². The molecule has 0 aromatic heterocycles. The van der Waals surface area contributed by atoms with E-state index in [9.17, 15) is 9.59 Å². The zero-order valence-corrected chi connectivity index (χ0v) is 9.40. The molecule has 1 atom stereocenters. The molecule has 1 aromatic rings. The lowest BCUT2D eigenvalue weighted by molar-refractivity contribution is -0.156. The average molecular weight is 221 g/mol. The Morgan fingerprint density at radius 2 is 1.88 bits per heavy atom. The number of primary amides is 1. The number of carbonyl (C=O) groups excluding carboxylic acids is 2. The summed E-state index contributed by atoms with van der Waals surface area (Å²) in [6.45, 7) is 1.49. The molecule has 0 bridgehead atoms. The first-order valence-corrected chi connectivity index (χ1v) is 4.93. The predicted octanol–water partition coefficient (Wildman–Crippen LogP) is 0.894. The molecule has 1 amide bonds. The summed E-state index contributed by atoms with van der Waals surface area (Å²) in [6, 6.07) is 9.22. The fourth-order valence-electron chi connectivity index (χ4n) is 1.49. The number of nitrogens with two attached hydrogens (primary N) is 1. The fourth-order valence-corrected chi connectivity index (χ4v) is 1.49. The van der Waals surface area contributed by atoms with Gasteiger partial charge in [-0.15, -0.1) is 0 Å². The minimum absolute atomic E-state index is 0.246. The molecule has 0 aliphatic carbocycles. The van der Waals surface area contributed by atoms with Gasteiger partial charge in [0.15, 0.2) is 0 Å². The predicted molar refractivity (Wildman–Crippen MR) is 59.5 cm³/mol. The van der Waals surface area contributed by atoms with Crippen LogP contribution in [0.2, 0.25) is 0 Å². The molecule has 1 unspecified atom stereocenters. The molecule has 0 radical (unpaired) electrons. The smallest absolute Gasteiger partial charge is 0.321 e. The van der Waals surface area contributed by atoms with E-state index in [0.717, 1.165) is 5.56 Å². The number of ether oxygens (including phenoxy) is 1. The third kappa shape index (κ3) is 2.39. The zero-order valence-electron chi connectivity index (χ0n) is 9.40. The molecule has 0 aliphatic heterocycles. The molecule has 1 rings (SSSR count). The number of hydrogen-bond acceptors (Lipinski definition) is 3. The molecule has 4 nitrogen and oxygen atoms in total. The summed E-state index contributed by atoms with van der Waals surface area (Å²) >= 11 is 0. The summed E-state index contributed by atoms with van der Waals surface area (Å²) in [5.74, 6) is -1.29. The number of amides is 1. The van der Waals surface area contributed by atoms with E-state index in [1.165, 1.54) is 14.0 Å². The van der Waals surface area contributed by atoms with Crippen molar-refractivity contribution >= 4 is 11.9 Å². The van der Waals surface area contributed by atoms with Crippen LogP contribution in [0.4, 0.5) is 0 Å². The van der Waals surface area contributed by atoms with Gasteiger partial charge in [-0.05, 0) is 18.9 Å². The van der Waals surface area contributed by atoms with Crippen LogP contribution < -0.4 is 5.73 Å². The summed E-state index contributed by atoms with van der Waals surface area (Å²) in [5.41, 5.74) is 4.82. The van der Waals surface area contributed by atoms with E-state index in [1.807, 2.05) is 30.3 Å². The Bertz CT molecular complexity index is 389. The molecular formula is C12H15NO3. The first-order valence-electron chi connectivity index (χ1n) is 4.93. The maximum Gasteiger partial charge on any atom is 0.321 e. The molecule has 0 saturated carbocycles. The Morgan fingerprint density at radius 3 is 2.31 bits per heavy atom. The minimum Gasteiger partial charge on any atom is -0.468 e. The van der Waals surface area contributed by atoms with Gasteiger partial charge < -0.3 is 10.5 Å². The highest BCUT2D eigenvalue weighted by atomic mass is 16.5. The molecule has 16 heavy (non-hydrogen) atoms. The van der Waals surface area contributed by atoms with Gasteiger partial charge in [0.1, 0.15) is 5.41 Å². The summed E-state index contributed by atoms with van der Waals surface area (Å²) in [6.07, 6.45) is 0.246. The number of esters is 1. The molecule has 0 saturated heterocycles. The van der Waals surface area contributed by atoms with Crippen molar-refractivity contribution in [3.8, 4) is 0 Å². The van der Waals surface area contributed by atoms with E-state index in [-0.39, 0.29) is 6.42 Å². The Balaban J connectivity index is 2.97. The maximum atomic E-state index is 11.6. The van der Waals surface area contributed by atoms with Gasteiger partial charge in [0.2, 0.25) is 5.91 Å². The van der Waals surface area contributed by atoms with Crippen LogP contribution in [0.15, 0.2) is 30.3 Å². The molecule has 0 aliphatic rings. The largest absolute Gasteiger partial charge is 0.468 e. The third-order valence-corrected chi connectivity index (χ3v) is 2.58. The van der Waals surface area contributed by atoms with Crippen LogP contribution in [-0.2, 0) is 20.7 Å². The third-order valence-electron chi connectivity index (χ3n) is 2.58. The molecular weight excluding hydrogens is 206 g/mol. The van der Waals surface area contributed by atoms with Gasteiger partial charge in [-0.25, -0.2) is 0 Å². The van der Waals surface area contributed by atoms with Crippen LogP contribution in [0.25, 0.3) is 0 Å². The van der Waals surface area contributed by atoms with Gasteiger partial charge in [-0.1, -0.05) is 30.3 Å². The quantitative estimate of drug-likeness (QED) is 0.606. The van der Waals surface area contributed by atoms with E-state index in [4.69, 9.17) is 5.73 Å². The molecule has 0 fully saturated rings. The molecule has 86 valence electrons. The van der Waals surface area contributed by atoms with Crippen LogP contribution in [-0.4, -0.2) is 19.0 Å². The molecule has 2 N–H and O–H groups in total. The van der Waals surface area contributed by atoms with Crippen molar-refractivity contribution < 1.29 is 14.3 Å². The summed E-state index contributed by atoms with van der Waals surface area (Å²) in [5, 5.41) is 0. The van der Waals surface area contributed by atoms with Crippen molar-refractivity contribution in [2.24, 2.45) is 11.1 Å². The molecule has 0 spiro atoms. The van der Waals surface area contributed by atoms with Gasteiger partial charge in [-0.3, -0.25) is 9.59 Å².